The Morgan fingerprint density at radius 3 is 2.60 bits per heavy atom. The van der Waals surface area contributed by atoms with Crippen molar-refractivity contribution in [2.24, 2.45) is 28.6 Å². The van der Waals surface area contributed by atoms with Gasteiger partial charge in [0.1, 0.15) is 17.3 Å². The number of ether oxygens (including phenoxy) is 2. The highest BCUT2D eigenvalue weighted by atomic mass is 16.6. The summed E-state index contributed by atoms with van der Waals surface area (Å²) in [6.07, 6.45) is 3.61. The zero-order valence-corrected chi connectivity index (χ0v) is 18.0. The predicted molar refractivity (Wildman–Crippen MR) is 106 cm³/mol. The van der Waals surface area contributed by atoms with Gasteiger partial charge in [0.15, 0.2) is 0 Å². The molecule has 0 radical (unpaired) electrons. The summed E-state index contributed by atoms with van der Waals surface area (Å²) in [5, 5.41) is 10.6. The third-order valence-electron chi connectivity index (χ3n) is 8.45. The van der Waals surface area contributed by atoms with Gasteiger partial charge in [-0.15, -0.1) is 0 Å². The first-order valence-electron chi connectivity index (χ1n) is 10.7. The van der Waals surface area contributed by atoms with E-state index in [0.29, 0.717) is 25.7 Å². The summed E-state index contributed by atoms with van der Waals surface area (Å²) in [4.78, 5) is 37.8. The highest BCUT2D eigenvalue weighted by Gasteiger charge is 2.69. The van der Waals surface area contributed by atoms with Gasteiger partial charge in [0.2, 0.25) is 0 Å². The fourth-order valence-electron chi connectivity index (χ4n) is 7.12. The molecule has 2 saturated carbocycles. The molecular formula is C23H30O7. The van der Waals surface area contributed by atoms with E-state index in [9.17, 15) is 19.5 Å². The maximum atomic E-state index is 13.1. The van der Waals surface area contributed by atoms with Crippen molar-refractivity contribution >= 4 is 17.9 Å². The van der Waals surface area contributed by atoms with Crippen molar-refractivity contribution in [1.29, 1.82) is 0 Å². The monoisotopic (exact) mass is 418 g/mol. The van der Waals surface area contributed by atoms with Crippen molar-refractivity contribution in [2.75, 3.05) is 7.11 Å². The van der Waals surface area contributed by atoms with Crippen LogP contribution < -0.4 is 0 Å². The second-order valence-electron chi connectivity index (χ2n) is 9.45. The van der Waals surface area contributed by atoms with Crippen molar-refractivity contribution in [3.63, 3.8) is 0 Å². The molecule has 1 heterocycles. The van der Waals surface area contributed by atoms with Crippen LogP contribution in [0.4, 0.5) is 0 Å². The summed E-state index contributed by atoms with van der Waals surface area (Å²) in [5.74, 6) is -1.24. The zero-order chi connectivity index (χ0) is 21.8. The fraction of sp³-hybridized carbons (Fsp3) is 0.696. The molecule has 7 atom stereocenters. The van der Waals surface area contributed by atoms with Gasteiger partial charge >= 0.3 is 17.9 Å². The molecule has 7 unspecified atom stereocenters. The van der Waals surface area contributed by atoms with E-state index >= 15 is 0 Å². The van der Waals surface area contributed by atoms with Crippen LogP contribution in [0.3, 0.4) is 0 Å². The molecule has 3 aliphatic carbocycles. The summed E-state index contributed by atoms with van der Waals surface area (Å²) < 4.78 is 16.4. The smallest absolute Gasteiger partial charge is 0.315 e. The van der Waals surface area contributed by atoms with E-state index in [1.165, 1.54) is 19.6 Å². The van der Waals surface area contributed by atoms with E-state index < -0.39 is 40.8 Å². The van der Waals surface area contributed by atoms with Crippen molar-refractivity contribution in [2.45, 2.75) is 64.9 Å². The average molecular weight is 418 g/mol. The first-order valence-corrected chi connectivity index (χ1v) is 10.7. The largest absolute Gasteiger partial charge is 0.481 e. The molecule has 1 N–H and O–H groups in total. The molecule has 0 spiro atoms. The summed E-state index contributed by atoms with van der Waals surface area (Å²) in [7, 11) is 1.30. The van der Waals surface area contributed by atoms with Crippen LogP contribution >= 0.6 is 0 Å². The Labute approximate surface area is 176 Å². The third-order valence-corrected chi connectivity index (χ3v) is 8.45. The number of carbonyl (C=O) groups excluding carboxylic acids is 2. The molecule has 1 aromatic heterocycles. The van der Waals surface area contributed by atoms with Gasteiger partial charge in [-0.05, 0) is 67.9 Å². The molecule has 7 nitrogen and oxygen atoms in total. The molecule has 0 aliphatic heterocycles. The molecule has 0 aromatic carbocycles. The molecule has 0 saturated heterocycles. The van der Waals surface area contributed by atoms with Crippen LogP contribution in [0.2, 0.25) is 0 Å². The van der Waals surface area contributed by atoms with Crippen LogP contribution in [0.1, 0.15) is 63.7 Å². The Morgan fingerprint density at radius 2 is 1.97 bits per heavy atom. The van der Waals surface area contributed by atoms with Gasteiger partial charge in [0.05, 0.1) is 18.8 Å². The number of carboxylic acid groups (broad SMARTS) is 1. The Morgan fingerprint density at radius 1 is 1.23 bits per heavy atom. The van der Waals surface area contributed by atoms with E-state index in [-0.39, 0.29) is 17.8 Å². The van der Waals surface area contributed by atoms with Gasteiger partial charge in [0, 0.05) is 13.3 Å². The van der Waals surface area contributed by atoms with Crippen molar-refractivity contribution in [3.05, 3.63) is 23.7 Å². The molecule has 164 valence electrons. The van der Waals surface area contributed by atoms with Crippen LogP contribution in [0.15, 0.2) is 16.7 Å². The number of fused-ring (bicyclic) bond motifs is 4. The van der Waals surface area contributed by atoms with E-state index in [0.717, 1.165) is 12.2 Å². The minimum absolute atomic E-state index is 0.148. The summed E-state index contributed by atoms with van der Waals surface area (Å²) in [5.41, 5.74) is -1.14. The van der Waals surface area contributed by atoms with Gasteiger partial charge < -0.3 is 19.0 Å². The molecule has 1 aromatic rings. The van der Waals surface area contributed by atoms with Crippen molar-refractivity contribution in [3.8, 4) is 0 Å². The molecule has 0 amide bonds. The van der Waals surface area contributed by atoms with Gasteiger partial charge in [-0.1, -0.05) is 6.92 Å². The van der Waals surface area contributed by atoms with Crippen LogP contribution in [0.25, 0.3) is 0 Å². The third kappa shape index (κ3) is 2.66. The number of hydrogen-bond acceptors (Lipinski definition) is 6. The number of carboxylic acids is 1. The lowest BCUT2D eigenvalue weighted by atomic mass is 9.42. The molecule has 2 fully saturated rings. The lowest BCUT2D eigenvalue weighted by Crippen LogP contribution is -2.65. The van der Waals surface area contributed by atoms with E-state index in [1.807, 2.05) is 6.07 Å². The molecule has 4 rings (SSSR count). The van der Waals surface area contributed by atoms with Crippen LogP contribution in [-0.4, -0.2) is 36.2 Å². The summed E-state index contributed by atoms with van der Waals surface area (Å²) in [6, 6.07) is 1.99. The normalized spacial score (nSPS) is 39.8. The summed E-state index contributed by atoms with van der Waals surface area (Å²) >= 11 is 0. The standard InChI is InChI=1S/C23H30O7/c1-12-14-5-6-18-22(3,21(27)28-4)19(30-13(2)24)7-9-23(18,20(25)26)16(14)11-17-15(12)8-10-29-17/h8,10,12,14,16,18-19H,5-7,9,11H2,1-4H3,(H,25,26). The van der Waals surface area contributed by atoms with Crippen molar-refractivity contribution < 1.29 is 33.4 Å². The minimum Gasteiger partial charge on any atom is -0.481 e. The SMILES string of the molecule is COC(=O)C1(C)C(OC(C)=O)CCC2(C(=O)O)C3Cc4occc4C(C)C3CCC12. The zero-order valence-electron chi connectivity index (χ0n) is 18.0. The fourth-order valence-corrected chi connectivity index (χ4v) is 7.12. The average Bonchev–Trinajstić information content (AvgIpc) is 3.18. The Bertz CT molecular complexity index is 873. The first-order chi connectivity index (χ1) is 14.2. The second kappa shape index (κ2) is 7.13. The van der Waals surface area contributed by atoms with E-state index in [2.05, 4.69) is 6.92 Å². The highest BCUT2D eigenvalue weighted by Crippen LogP contribution is 2.65. The number of furan rings is 1. The van der Waals surface area contributed by atoms with Crippen LogP contribution in [0, 0.1) is 28.6 Å². The second-order valence-corrected chi connectivity index (χ2v) is 9.45. The first kappa shape index (κ1) is 20.9. The number of hydrogen-bond donors (Lipinski definition) is 1. The molecule has 3 aliphatic rings. The maximum Gasteiger partial charge on any atom is 0.315 e. The highest BCUT2D eigenvalue weighted by molar-refractivity contribution is 5.83. The van der Waals surface area contributed by atoms with Gasteiger partial charge in [-0.2, -0.15) is 0 Å². The van der Waals surface area contributed by atoms with Crippen molar-refractivity contribution in [1.82, 2.24) is 0 Å². The van der Waals surface area contributed by atoms with Gasteiger partial charge in [-0.25, -0.2) is 0 Å². The lowest BCUT2D eigenvalue weighted by Gasteiger charge is -2.61. The quantitative estimate of drug-likeness (QED) is 0.749. The number of rotatable bonds is 3. The van der Waals surface area contributed by atoms with E-state index in [1.54, 1.807) is 13.2 Å². The number of esters is 2. The lowest BCUT2D eigenvalue weighted by molar-refractivity contribution is -0.215. The Hall–Kier alpha value is -2.31. The van der Waals surface area contributed by atoms with Crippen LogP contribution in [0.5, 0.6) is 0 Å². The van der Waals surface area contributed by atoms with Gasteiger partial charge in [0.25, 0.3) is 0 Å². The molecule has 7 heteroatoms. The molecule has 30 heavy (non-hydrogen) atoms. The van der Waals surface area contributed by atoms with E-state index in [4.69, 9.17) is 13.9 Å². The minimum atomic E-state index is -1.21. The Kier molecular flexibility index (Phi) is 4.98. The number of methoxy groups -OCH3 is 1. The predicted octanol–water partition coefficient (Wildman–Crippen LogP) is 3.56. The topological polar surface area (TPSA) is 103 Å². The summed E-state index contributed by atoms with van der Waals surface area (Å²) in [6.45, 7) is 5.18. The number of aliphatic carboxylic acids is 1. The maximum absolute atomic E-state index is 13.1. The molecular weight excluding hydrogens is 388 g/mol. The van der Waals surface area contributed by atoms with Gasteiger partial charge in [-0.3, -0.25) is 14.4 Å². The number of carbonyl (C=O) groups is 3. The van der Waals surface area contributed by atoms with Crippen LogP contribution in [-0.2, 0) is 30.3 Å². The Balaban J connectivity index is 1.83. The molecule has 0 bridgehead atoms.